The van der Waals surface area contributed by atoms with Crippen LogP contribution in [-0.4, -0.2) is 24.9 Å². The topological polar surface area (TPSA) is 64.5 Å². The standard InChI is InChI=1S/C54H49N5/c1-52(2,3)39-30-36(31-40(32-39)53(4,5)6)35-27-37(47-33-55-25-26-56-47)29-38(28-35)49-57-50(42-20-13-12-19-41(42)34-17-10-9-11-18-34)59-51(58-49)44-22-16-24-46-48(44)43-21-14-15-23-45(43)54(46,7)8/h9-33H,1-8H3. The molecule has 1 aliphatic carbocycles. The van der Waals surface area contributed by atoms with E-state index in [1.54, 1.807) is 12.4 Å². The molecule has 0 N–H and O–H groups in total. The van der Waals surface area contributed by atoms with Crippen molar-refractivity contribution in [2.75, 3.05) is 0 Å². The fourth-order valence-corrected chi connectivity index (χ4v) is 8.41. The van der Waals surface area contributed by atoms with Crippen LogP contribution in [0, 0.1) is 0 Å². The van der Waals surface area contributed by atoms with Crippen LogP contribution in [-0.2, 0) is 16.2 Å². The van der Waals surface area contributed by atoms with Gasteiger partial charge >= 0.3 is 0 Å². The van der Waals surface area contributed by atoms with Gasteiger partial charge in [-0.25, -0.2) is 15.0 Å². The van der Waals surface area contributed by atoms with Gasteiger partial charge in [0.05, 0.1) is 11.9 Å². The van der Waals surface area contributed by atoms with Gasteiger partial charge in [-0.1, -0.05) is 171 Å². The molecule has 290 valence electrons. The third-order valence-corrected chi connectivity index (χ3v) is 11.8. The molecule has 2 aromatic heterocycles. The van der Waals surface area contributed by atoms with Crippen LogP contribution in [0.1, 0.15) is 77.6 Å². The first-order valence-corrected chi connectivity index (χ1v) is 20.5. The van der Waals surface area contributed by atoms with E-state index in [1.165, 1.54) is 33.4 Å². The predicted molar refractivity (Wildman–Crippen MR) is 243 cm³/mol. The van der Waals surface area contributed by atoms with Gasteiger partial charge in [0.2, 0.25) is 0 Å². The van der Waals surface area contributed by atoms with Crippen LogP contribution < -0.4 is 0 Å². The summed E-state index contributed by atoms with van der Waals surface area (Å²) in [5.74, 6) is 1.84. The summed E-state index contributed by atoms with van der Waals surface area (Å²) >= 11 is 0. The Balaban J connectivity index is 1.33. The smallest absolute Gasteiger partial charge is 0.164 e. The van der Waals surface area contributed by atoms with E-state index in [-0.39, 0.29) is 16.2 Å². The number of fused-ring (bicyclic) bond motifs is 3. The van der Waals surface area contributed by atoms with Gasteiger partial charge in [-0.05, 0) is 84.7 Å². The molecule has 0 spiro atoms. The number of hydrogen-bond donors (Lipinski definition) is 0. The van der Waals surface area contributed by atoms with Crippen molar-refractivity contribution >= 4 is 0 Å². The van der Waals surface area contributed by atoms with Crippen LogP contribution >= 0.6 is 0 Å². The third kappa shape index (κ3) is 7.05. The minimum atomic E-state index is -0.173. The molecule has 0 aliphatic heterocycles. The van der Waals surface area contributed by atoms with E-state index in [4.69, 9.17) is 19.9 Å². The first-order valence-electron chi connectivity index (χ1n) is 20.5. The Morgan fingerprint density at radius 3 is 1.64 bits per heavy atom. The molecule has 0 saturated carbocycles. The van der Waals surface area contributed by atoms with E-state index in [1.807, 2.05) is 12.3 Å². The van der Waals surface area contributed by atoms with Gasteiger partial charge in [0, 0.05) is 40.1 Å². The zero-order valence-corrected chi connectivity index (χ0v) is 35.2. The molecule has 6 aromatic carbocycles. The summed E-state index contributed by atoms with van der Waals surface area (Å²) in [7, 11) is 0. The lowest BCUT2D eigenvalue weighted by atomic mass is 9.78. The molecular formula is C54H49N5. The Morgan fingerprint density at radius 2 is 0.966 bits per heavy atom. The molecular weight excluding hydrogens is 719 g/mol. The van der Waals surface area contributed by atoms with Crippen molar-refractivity contribution in [3.8, 4) is 78.8 Å². The summed E-state index contributed by atoms with van der Waals surface area (Å²) in [4.78, 5) is 25.4. The van der Waals surface area contributed by atoms with Gasteiger partial charge in [0.15, 0.2) is 17.5 Å². The maximum atomic E-state index is 5.42. The Morgan fingerprint density at radius 1 is 0.424 bits per heavy atom. The lowest BCUT2D eigenvalue weighted by Crippen LogP contribution is -2.16. The Bertz CT molecular complexity index is 2830. The minimum Gasteiger partial charge on any atom is -0.261 e. The maximum absolute atomic E-state index is 5.42. The summed E-state index contributed by atoms with van der Waals surface area (Å²) in [6, 6.07) is 47.8. The van der Waals surface area contributed by atoms with Crippen molar-refractivity contribution in [3.63, 3.8) is 0 Å². The van der Waals surface area contributed by atoms with Crippen LogP contribution in [0.3, 0.4) is 0 Å². The summed E-state index contributed by atoms with van der Waals surface area (Å²) in [5, 5.41) is 0. The fraction of sp³-hybridized carbons (Fsp3) is 0.204. The minimum absolute atomic E-state index is 0.0470. The molecule has 8 aromatic rings. The van der Waals surface area contributed by atoms with Gasteiger partial charge in [0.1, 0.15) is 0 Å². The quantitative estimate of drug-likeness (QED) is 0.169. The second-order valence-corrected chi connectivity index (χ2v) is 18.3. The van der Waals surface area contributed by atoms with Crippen LogP contribution in [0.4, 0.5) is 0 Å². The molecule has 0 radical (unpaired) electrons. The number of hydrogen-bond acceptors (Lipinski definition) is 5. The molecule has 0 unspecified atom stereocenters. The number of aromatic nitrogens is 5. The highest BCUT2D eigenvalue weighted by atomic mass is 15.0. The lowest BCUT2D eigenvalue weighted by Gasteiger charge is -2.26. The Kier molecular flexibility index (Phi) is 9.23. The molecule has 5 nitrogen and oxygen atoms in total. The van der Waals surface area contributed by atoms with E-state index in [2.05, 4.69) is 188 Å². The maximum Gasteiger partial charge on any atom is 0.164 e. The van der Waals surface area contributed by atoms with Crippen molar-refractivity contribution in [2.45, 2.75) is 71.6 Å². The normalized spacial score (nSPS) is 13.2. The lowest BCUT2D eigenvalue weighted by molar-refractivity contribution is 0.569. The van der Waals surface area contributed by atoms with Gasteiger partial charge in [-0.15, -0.1) is 0 Å². The monoisotopic (exact) mass is 767 g/mol. The van der Waals surface area contributed by atoms with Crippen molar-refractivity contribution in [2.24, 2.45) is 0 Å². The zero-order chi connectivity index (χ0) is 41.1. The molecule has 2 heterocycles. The SMILES string of the molecule is CC(C)(C)c1cc(-c2cc(-c3cnccn3)cc(-c3nc(-c4ccccc4-c4ccccc4)nc(-c4cccc5c4-c4ccccc4C5(C)C)n3)c2)cc(C(C)(C)C)c1. The number of nitrogens with zero attached hydrogens (tertiary/aromatic N) is 5. The largest absolute Gasteiger partial charge is 0.261 e. The van der Waals surface area contributed by atoms with E-state index < -0.39 is 0 Å². The summed E-state index contributed by atoms with van der Waals surface area (Å²) in [6.45, 7) is 18.3. The van der Waals surface area contributed by atoms with E-state index in [0.29, 0.717) is 17.5 Å². The van der Waals surface area contributed by atoms with E-state index in [0.717, 1.165) is 50.2 Å². The van der Waals surface area contributed by atoms with E-state index in [9.17, 15) is 0 Å². The molecule has 1 aliphatic rings. The van der Waals surface area contributed by atoms with Gasteiger partial charge < -0.3 is 0 Å². The highest BCUT2D eigenvalue weighted by molar-refractivity contribution is 5.92. The zero-order valence-electron chi connectivity index (χ0n) is 35.2. The first-order chi connectivity index (χ1) is 28.3. The summed E-state index contributed by atoms with van der Waals surface area (Å²) in [6.07, 6.45) is 5.28. The Hall–Kier alpha value is -6.59. The number of benzene rings is 6. The average molecular weight is 768 g/mol. The molecule has 9 rings (SSSR count). The fourth-order valence-electron chi connectivity index (χ4n) is 8.41. The van der Waals surface area contributed by atoms with Crippen LogP contribution in [0.25, 0.3) is 78.8 Å². The first kappa shape index (κ1) is 38.0. The molecule has 0 amide bonds. The highest BCUT2D eigenvalue weighted by Gasteiger charge is 2.37. The second-order valence-electron chi connectivity index (χ2n) is 18.3. The number of rotatable bonds is 6. The molecule has 0 fully saturated rings. The van der Waals surface area contributed by atoms with Crippen molar-refractivity contribution in [3.05, 3.63) is 174 Å². The predicted octanol–water partition coefficient (Wildman–Crippen LogP) is 13.6. The van der Waals surface area contributed by atoms with Crippen LogP contribution in [0.2, 0.25) is 0 Å². The van der Waals surface area contributed by atoms with E-state index >= 15 is 0 Å². The van der Waals surface area contributed by atoms with Crippen LogP contribution in [0.5, 0.6) is 0 Å². The van der Waals surface area contributed by atoms with Crippen LogP contribution in [0.15, 0.2) is 152 Å². The molecule has 59 heavy (non-hydrogen) atoms. The Labute approximate surface area is 348 Å². The second kappa shape index (κ2) is 14.4. The molecule has 0 bridgehead atoms. The molecule has 0 atom stereocenters. The molecule has 5 heteroatoms. The summed E-state index contributed by atoms with van der Waals surface area (Å²) in [5.41, 5.74) is 16.1. The van der Waals surface area contributed by atoms with Gasteiger partial charge in [-0.2, -0.15) is 0 Å². The summed E-state index contributed by atoms with van der Waals surface area (Å²) < 4.78 is 0. The average Bonchev–Trinajstić information content (AvgIpc) is 3.49. The highest BCUT2D eigenvalue weighted by Crippen LogP contribution is 2.52. The third-order valence-electron chi connectivity index (χ3n) is 11.8. The van der Waals surface area contributed by atoms with Gasteiger partial charge in [-0.3, -0.25) is 9.97 Å². The van der Waals surface area contributed by atoms with Crippen molar-refractivity contribution in [1.29, 1.82) is 0 Å². The van der Waals surface area contributed by atoms with Crippen molar-refractivity contribution < 1.29 is 0 Å². The van der Waals surface area contributed by atoms with Gasteiger partial charge in [0.25, 0.3) is 0 Å². The van der Waals surface area contributed by atoms with Crippen molar-refractivity contribution in [1.82, 2.24) is 24.9 Å². The molecule has 0 saturated heterocycles.